The standard InChI is InChI=1S/C14H15Cl2NO4/c1-8(21-9-2-3-10(15)11(16)6-9)12(18)17-7-14(4-5-14)13(19)20/h2-3,6,8H,4-5,7H2,1H3,(H,17,18)(H,19,20). The summed E-state index contributed by atoms with van der Waals surface area (Å²) in [6.07, 6.45) is 0.418. The molecule has 2 rings (SSSR count). The second kappa shape index (κ2) is 6.12. The maximum atomic E-state index is 11.9. The Morgan fingerprint density at radius 2 is 2.05 bits per heavy atom. The van der Waals surface area contributed by atoms with Crippen LogP contribution in [-0.4, -0.2) is 29.6 Å². The van der Waals surface area contributed by atoms with E-state index >= 15 is 0 Å². The predicted octanol–water partition coefficient (Wildman–Crippen LogP) is 2.74. The summed E-state index contributed by atoms with van der Waals surface area (Å²) >= 11 is 11.7. The van der Waals surface area contributed by atoms with E-state index in [4.69, 9.17) is 33.0 Å². The van der Waals surface area contributed by atoms with Crippen LogP contribution in [0.25, 0.3) is 0 Å². The number of aliphatic carboxylic acids is 1. The summed E-state index contributed by atoms with van der Waals surface area (Å²) < 4.78 is 5.46. The van der Waals surface area contributed by atoms with Crippen LogP contribution in [0.2, 0.25) is 10.0 Å². The Kier molecular flexibility index (Phi) is 4.64. The van der Waals surface area contributed by atoms with E-state index in [1.54, 1.807) is 19.1 Å². The summed E-state index contributed by atoms with van der Waals surface area (Å²) in [6, 6.07) is 4.71. The fourth-order valence-corrected chi connectivity index (χ4v) is 2.11. The number of carbonyl (C=O) groups is 2. The van der Waals surface area contributed by atoms with Crippen molar-refractivity contribution in [1.82, 2.24) is 5.32 Å². The number of nitrogens with one attached hydrogen (secondary N) is 1. The highest BCUT2D eigenvalue weighted by molar-refractivity contribution is 6.42. The quantitative estimate of drug-likeness (QED) is 0.840. The van der Waals surface area contributed by atoms with Crippen molar-refractivity contribution in [1.29, 1.82) is 0 Å². The number of hydrogen-bond donors (Lipinski definition) is 2. The van der Waals surface area contributed by atoms with E-state index in [1.165, 1.54) is 6.07 Å². The SMILES string of the molecule is CC(Oc1ccc(Cl)c(Cl)c1)C(=O)NCC1(C(=O)O)CC1. The second-order valence-corrected chi connectivity index (χ2v) is 5.95. The first-order valence-corrected chi connectivity index (χ1v) is 7.22. The van der Waals surface area contributed by atoms with Gasteiger partial charge in [0.2, 0.25) is 0 Å². The molecule has 0 saturated heterocycles. The molecule has 1 aliphatic carbocycles. The van der Waals surface area contributed by atoms with Gasteiger partial charge in [0, 0.05) is 12.6 Å². The number of benzene rings is 1. The monoisotopic (exact) mass is 331 g/mol. The van der Waals surface area contributed by atoms with E-state index in [9.17, 15) is 9.59 Å². The third-order valence-electron chi connectivity index (χ3n) is 3.48. The van der Waals surface area contributed by atoms with Crippen molar-refractivity contribution in [3.05, 3.63) is 28.2 Å². The lowest BCUT2D eigenvalue weighted by Crippen LogP contribution is -2.41. The highest BCUT2D eigenvalue weighted by Gasteiger charge is 2.50. The molecule has 21 heavy (non-hydrogen) atoms. The minimum absolute atomic E-state index is 0.121. The molecule has 1 aliphatic rings. The van der Waals surface area contributed by atoms with Crippen LogP contribution < -0.4 is 10.1 Å². The zero-order valence-electron chi connectivity index (χ0n) is 11.4. The molecule has 2 N–H and O–H groups in total. The molecule has 0 bridgehead atoms. The van der Waals surface area contributed by atoms with Crippen molar-refractivity contribution < 1.29 is 19.4 Å². The van der Waals surface area contributed by atoms with Crippen LogP contribution in [-0.2, 0) is 9.59 Å². The van der Waals surface area contributed by atoms with E-state index in [-0.39, 0.29) is 12.5 Å². The molecule has 1 amide bonds. The minimum Gasteiger partial charge on any atom is -0.481 e. The van der Waals surface area contributed by atoms with Gasteiger partial charge in [-0.3, -0.25) is 9.59 Å². The van der Waals surface area contributed by atoms with Gasteiger partial charge in [-0.1, -0.05) is 23.2 Å². The van der Waals surface area contributed by atoms with Gasteiger partial charge < -0.3 is 15.2 Å². The van der Waals surface area contributed by atoms with Gasteiger partial charge >= 0.3 is 5.97 Å². The second-order valence-electron chi connectivity index (χ2n) is 5.14. The third kappa shape index (κ3) is 3.80. The number of carbonyl (C=O) groups excluding carboxylic acids is 1. The van der Waals surface area contributed by atoms with Gasteiger partial charge in [0.1, 0.15) is 5.75 Å². The molecule has 1 unspecified atom stereocenters. The van der Waals surface area contributed by atoms with Crippen molar-refractivity contribution in [2.24, 2.45) is 5.41 Å². The van der Waals surface area contributed by atoms with E-state index in [0.29, 0.717) is 28.6 Å². The van der Waals surface area contributed by atoms with Gasteiger partial charge in [-0.05, 0) is 31.9 Å². The van der Waals surface area contributed by atoms with Gasteiger partial charge in [-0.2, -0.15) is 0 Å². The van der Waals surface area contributed by atoms with Gasteiger partial charge in [-0.15, -0.1) is 0 Å². The maximum absolute atomic E-state index is 11.9. The van der Waals surface area contributed by atoms with Gasteiger partial charge in [0.15, 0.2) is 6.10 Å². The van der Waals surface area contributed by atoms with E-state index in [2.05, 4.69) is 5.32 Å². The topological polar surface area (TPSA) is 75.6 Å². The number of hydrogen-bond acceptors (Lipinski definition) is 3. The molecule has 0 radical (unpaired) electrons. The summed E-state index contributed by atoms with van der Waals surface area (Å²) in [5.74, 6) is -0.819. The normalized spacial score (nSPS) is 16.9. The Morgan fingerprint density at radius 3 is 2.57 bits per heavy atom. The lowest BCUT2D eigenvalue weighted by atomic mass is 10.1. The predicted molar refractivity (Wildman–Crippen MR) is 78.9 cm³/mol. The molecule has 0 heterocycles. The van der Waals surface area contributed by atoms with Crippen LogP contribution in [0.5, 0.6) is 5.75 Å². The molecule has 5 nitrogen and oxygen atoms in total. The molecule has 1 fully saturated rings. The molecule has 1 saturated carbocycles. The fraction of sp³-hybridized carbons (Fsp3) is 0.429. The van der Waals surface area contributed by atoms with Crippen LogP contribution in [0.4, 0.5) is 0 Å². The van der Waals surface area contributed by atoms with E-state index in [1.807, 2.05) is 0 Å². The van der Waals surface area contributed by atoms with Crippen LogP contribution in [0.1, 0.15) is 19.8 Å². The Balaban J connectivity index is 1.87. The summed E-state index contributed by atoms with van der Waals surface area (Å²) in [5, 5.41) is 12.4. The molecule has 0 aliphatic heterocycles. The number of rotatable bonds is 6. The van der Waals surface area contributed by atoms with Gasteiger partial charge in [0.25, 0.3) is 5.91 Å². The third-order valence-corrected chi connectivity index (χ3v) is 4.22. The zero-order chi connectivity index (χ0) is 15.6. The smallest absolute Gasteiger partial charge is 0.311 e. The fourth-order valence-electron chi connectivity index (χ4n) is 1.82. The van der Waals surface area contributed by atoms with Crippen molar-refractivity contribution in [3.63, 3.8) is 0 Å². The van der Waals surface area contributed by atoms with Crippen LogP contribution in [0, 0.1) is 5.41 Å². The minimum atomic E-state index is -0.874. The molecular formula is C14H15Cl2NO4. The molecule has 1 aromatic carbocycles. The molecule has 0 aromatic heterocycles. The lowest BCUT2D eigenvalue weighted by molar-refractivity contribution is -0.143. The summed E-state index contributed by atoms with van der Waals surface area (Å²) in [4.78, 5) is 22.9. The Labute approximate surface area is 132 Å². The molecule has 7 heteroatoms. The highest BCUT2D eigenvalue weighted by atomic mass is 35.5. The van der Waals surface area contributed by atoms with Crippen molar-refractivity contribution >= 4 is 35.1 Å². The van der Waals surface area contributed by atoms with Crippen molar-refractivity contribution in [3.8, 4) is 5.75 Å². The molecular weight excluding hydrogens is 317 g/mol. The first kappa shape index (κ1) is 15.9. The molecule has 114 valence electrons. The largest absolute Gasteiger partial charge is 0.481 e. The maximum Gasteiger partial charge on any atom is 0.311 e. The lowest BCUT2D eigenvalue weighted by Gasteiger charge is -2.17. The summed E-state index contributed by atoms with van der Waals surface area (Å²) in [5.41, 5.74) is -0.793. The number of ether oxygens (including phenoxy) is 1. The number of halogens is 2. The number of carboxylic acid groups (broad SMARTS) is 1. The zero-order valence-corrected chi connectivity index (χ0v) is 12.9. The van der Waals surface area contributed by atoms with Gasteiger partial charge in [-0.25, -0.2) is 0 Å². The van der Waals surface area contributed by atoms with Crippen molar-refractivity contribution in [2.45, 2.75) is 25.9 Å². The first-order chi connectivity index (χ1) is 9.84. The van der Waals surface area contributed by atoms with E-state index < -0.39 is 17.5 Å². The number of amides is 1. The Morgan fingerprint density at radius 1 is 1.38 bits per heavy atom. The molecule has 0 spiro atoms. The summed E-state index contributed by atoms with van der Waals surface area (Å²) in [6.45, 7) is 1.70. The first-order valence-electron chi connectivity index (χ1n) is 6.47. The molecule has 1 atom stereocenters. The molecule has 1 aromatic rings. The highest BCUT2D eigenvalue weighted by Crippen LogP contribution is 2.45. The van der Waals surface area contributed by atoms with Crippen LogP contribution in [0.3, 0.4) is 0 Å². The Hall–Kier alpha value is -1.46. The average Bonchev–Trinajstić information content (AvgIpc) is 3.21. The van der Waals surface area contributed by atoms with E-state index in [0.717, 1.165) is 0 Å². The van der Waals surface area contributed by atoms with Crippen molar-refractivity contribution in [2.75, 3.05) is 6.54 Å². The van der Waals surface area contributed by atoms with Crippen LogP contribution >= 0.6 is 23.2 Å². The average molecular weight is 332 g/mol. The number of carboxylic acids is 1. The van der Waals surface area contributed by atoms with Crippen LogP contribution in [0.15, 0.2) is 18.2 Å². The van der Waals surface area contributed by atoms with Gasteiger partial charge in [0.05, 0.1) is 15.5 Å². The summed E-state index contributed by atoms with van der Waals surface area (Å²) in [7, 11) is 0. The Bertz CT molecular complexity index is 572.